The van der Waals surface area contributed by atoms with Gasteiger partial charge in [-0.2, -0.15) is 0 Å². The molecule has 0 saturated heterocycles. The van der Waals surface area contributed by atoms with Gasteiger partial charge in [0.25, 0.3) is 0 Å². The van der Waals surface area contributed by atoms with E-state index in [1.54, 1.807) is 7.11 Å². The largest absolute Gasteiger partial charge is 0.497 e. The van der Waals surface area contributed by atoms with Crippen molar-refractivity contribution in [2.75, 3.05) is 19.0 Å². The molecule has 27 heavy (non-hydrogen) atoms. The van der Waals surface area contributed by atoms with Crippen LogP contribution in [0.4, 0.5) is 5.69 Å². The van der Waals surface area contributed by atoms with Crippen LogP contribution in [0.25, 0.3) is 0 Å². The number of hydrogen-bond acceptors (Lipinski definition) is 3. The van der Waals surface area contributed by atoms with E-state index in [1.807, 2.05) is 56.3 Å². The van der Waals surface area contributed by atoms with Crippen LogP contribution in [0.5, 0.6) is 5.75 Å². The molecule has 2 unspecified atom stereocenters. The minimum absolute atomic E-state index is 0.0369. The number of benzene rings is 2. The molecule has 2 aromatic carbocycles. The molecule has 2 atom stereocenters. The number of carbonyl (C=O) groups excluding carboxylic acids is 2. The molecule has 3 rings (SSSR count). The maximum atomic E-state index is 12.4. The monoisotopic (exact) mass is 366 g/mol. The van der Waals surface area contributed by atoms with E-state index >= 15 is 0 Å². The van der Waals surface area contributed by atoms with Crippen LogP contribution in [0.2, 0.25) is 0 Å². The molecule has 5 heteroatoms. The summed E-state index contributed by atoms with van der Waals surface area (Å²) in [6.45, 7) is 4.50. The Morgan fingerprint density at radius 2 is 1.63 bits per heavy atom. The van der Waals surface area contributed by atoms with Gasteiger partial charge in [0.1, 0.15) is 5.75 Å². The summed E-state index contributed by atoms with van der Waals surface area (Å²) in [7, 11) is 1.64. The van der Waals surface area contributed by atoms with E-state index in [4.69, 9.17) is 4.74 Å². The Hall–Kier alpha value is -2.82. The van der Waals surface area contributed by atoms with E-state index in [-0.39, 0.29) is 23.7 Å². The minimum Gasteiger partial charge on any atom is -0.497 e. The number of anilines is 1. The van der Waals surface area contributed by atoms with Crippen molar-refractivity contribution in [2.24, 2.45) is 11.8 Å². The third kappa shape index (κ3) is 4.67. The quantitative estimate of drug-likeness (QED) is 0.790. The second kappa shape index (κ2) is 8.25. The molecule has 0 spiro atoms. The molecule has 5 nitrogen and oxygen atoms in total. The lowest BCUT2D eigenvalue weighted by atomic mass is 10.1. The topological polar surface area (TPSA) is 67.4 Å². The first-order valence-electron chi connectivity index (χ1n) is 9.27. The smallest absolute Gasteiger partial charge is 0.228 e. The molecular weight excluding hydrogens is 340 g/mol. The zero-order chi connectivity index (χ0) is 19.4. The lowest BCUT2D eigenvalue weighted by Crippen LogP contribution is -2.29. The summed E-state index contributed by atoms with van der Waals surface area (Å²) < 4.78 is 5.14. The van der Waals surface area contributed by atoms with Gasteiger partial charge >= 0.3 is 0 Å². The molecule has 0 radical (unpaired) electrons. The van der Waals surface area contributed by atoms with Crippen LogP contribution in [0.15, 0.2) is 42.5 Å². The van der Waals surface area contributed by atoms with E-state index in [1.165, 1.54) is 0 Å². The Kier molecular flexibility index (Phi) is 5.79. The highest BCUT2D eigenvalue weighted by Gasteiger charge is 2.48. The van der Waals surface area contributed by atoms with E-state index in [9.17, 15) is 9.59 Å². The third-order valence-corrected chi connectivity index (χ3v) is 5.07. The molecule has 0 aromatic heterocycles. The van der Waals surface area contributed by atoms with Gasteiger partial charge in [-0.25, -0.2) is 0 Å². The summed E-state index contributed by atoms with van der Waals surface area (Å²) in [5.74, 6) is 0.265. The molecule has 1 fully saturated rings. The molecule has 1 saturated carbocycles. The fourth-order valence-corrected chi connectivity index (χ4v) is 3.26. The van der Waals surface area contributed by atoms with Crippen molar-refractivity contribution in [1.29, 1.82) is 0 Å². The average molecular weight is 366 g/mol. The van der Waals surface area contributed by atoms with Crippen molar-refractivity contribution < 1.29 is 14.3 Å². The van der Waals surface area contributed by atoms with E-state index < -0.39 is 0 Å². The van der Waals surface area contributed by atoms with Gasteiger partial charge in [0.15, 0.2) is 0 Å². The zero-order valence-corrected chi connectivity index (χ0v) is 16.0. The van der Waals surface area contributed by atoms with Gasteiger partial charge < -0.3 is 15.4 Å². The van der Waals surface area contributed by atoms with Crippen LogP contribution >= 0.6 is 0 Å². The summed E-state index contributed by atoms with van der Waals surface area (Å²) in [4.78, 5) is 24.7. The summed E-state index contributed by atoms with van der Waals surface area (Å²) in [6.07, 6.45) is 1.37. The van der Waals surface area contributed by atoms with E-state index in [0.29, 0.717) is 13.0 Å². The van der Waals surface area contributed by atoms with Crippen molar-refractivity contribution in [3.63, 3.8) is 0 Å². The second-order valence-electron chi connectivity index (χ2n) is 7.09. The first-order chi connectivity index (χ1) is 13.0. The molecule has 0 heterocycles. The number of rotatable bonds is 7. The summed E-state index contributed by atoms with van der Waals surface area (Å²) in [6, 6.07) is 13.7. The maximum absolute atomic E-state index is 12.4. The fourth-order valence-electron chi connectivity index (χ4n) is 3.26. The molecule has 2 aromatic rings. The zero-order valence-electron chi connectivity index (χ0n) is 16.0. The Morgan fingerprint density at radius 1 is 1.00 bits per heavy atom. The van der Waals surface area contributed by atoms with Crippen LogP contribution < -0.4 is 15.4 Å². The SMILES string of the molecule is COc1ccc(CCNC(=O)C2CC2C(=O)Nc2c(C)cccc2C)cc1. The van der Waals surface area contributed by atoms with Crippen molar-refractivity contribution >= 4 is 17.5 Å². The second-order valence-corrected chi connectivity index (χ2v) is 7.09. The highest BCUT2D eigenvalue weighted by atomic mass is 16.5. The lowest BCUT2D eigenvalue weighted by Gasteiger charge is -2.11. The molecule has 142 valence electrons. The molecule has 0 bridgehead atoms. The number of amides is 2. The first-order valence-corrected chi connectivity index (χ1v) is 9.27. The Morgan fingerprint density at radius 3 is 2.26 bits per heavy atom. The number of carbonyl (C=O) groups is 2. The summed E-state index contributed by atoms with van der Waals surface area (Å²) in [5, 5.41) is 5.93. The third-order valence-electron chi connectivity index (χ3n) is 5.07. The van der Waals surface area contributed by atoms with Gasteiger partial charge in [0, 0.05) is 12.2 Å². The van der Waals surface area contributed by atoms with Crippen LogP contribution in [-0.2, 0) is 16.0 Å². The van der Waals surface area contributed by atoms with Gasteiger partial charge in [0.2, 0.25) is 11.8 Å². The molecular formula is C22H26N2O3. The molecule has 2 N–H and O–H groups in total. The van der Waals surface area contributed by atoms with Crippen LogP contribution in [0.1, 0.15) is 23.1 Å². The first kappa shape index (κ1) is 19.0. The number of methoxy groups -OCH3 is 1. The molecule has 1 aliphatic rings. The van der Waals surface area contributed by atoms with Crippen LogP contribution in [0, 0.1) is 25.7 Å². The highest BCUT2D eigenvalue weighted by Crippen LogP contribution is 2.40. The average Bonchev–Trinajstić information content (AvgIpc) is 3.46. The minimum atomic E-state index is -0.231. The van der Waals surface area contributed by atoms with Crippen LogP contribution in [-0.4, -0.2) is 25.5 Å². The van der Waals surface area contributed by atoms with Crippen LogP contribution in [0.3, 0.4) is 0 Å². The number of ether oxygens (including phenoxy) is 1. The highest BCUT2D eigenvalue weighted by molar-refractivity contribution is 6.00. The normalized spacial score (nSPS) is 17.9. The summed E-state index contributed by atoms with van der Waals surface area (Å²) in [5.41, 5.74) is 4.05. The molecule has 2 amide bonds. The number of para-hydroxylation sites is 1. The van der Waals surface area contributed by atoms with Gasteiger partial charge in [-0.05, 0) is 55.5 Å². The van der Waals surface area contributed by atoms with Crippen molar-refractivity contribution in [3.05, 3.63) is 59.2 Å². The van der Waals surface area contributed by atoms with Crippen molar-refractivity contribution in [2.45, 2.75) is 26.7 Å². The Labute approximate surface area is 160 Å². The summed E-state index contributed by atoms with van der Waals surface area (Å²) >= 11 is 0. The predicted octanol–water partition coefficient (Wildman–Crippen LogP) is 3.25. The van der Waals surface area contributed by atoms with Gasteiger partial charge in [-0.15, -0.1) is 0 Å². The molecule has 1 aliphatic carbocycles. The number of hydrogen-bond donors (Lipinski definition) is 2. The standard InChI is InChI=1S/C22H26N2O3/c1-14-5-4-6-15(2)20(14)24-22(26)19-13-18(19)21(25)23-12-11-16-7-9-17(27-3)10-8-16/h4-10,18-19H,11-13H2,1-3H3,(H,23,25)(H,24,26). The Balaban J connectivity index is 1.45. The van der Waals surface area contributed by atoms with Gasteiger partial charge in [0.05, 0.1) is 18.9 Å². The Bertz CT molecular complexity index is 810. The van der Waals surface area contributed by atoms with E-state index in [2.05, 4.69) is 10.6 Å². The van der Waals surface area contributed by atoms with Crippen molar-refractivity contribution in [1.82, 2.24) is 5.32 Å². The lowest BCUT2D eigenvalue weighted by molar-refractivity contribution is -0.125. The number of nitrogens with one attached hydrogen (secondary N) is 2. The predicted molar refractivity (Wildman–Crippen MR) is 106 cm³/mol. The fraction of sp³-hybridized carbons (Fsp3) is 0.364. The van der Waals surface area contributed by atoms with Gasteiger partial charge in [-0.1, -0.05) is 30.3 Å². The van der Waals surface area contributed by atoms with E-state index in [0.717, 1.165) is 34.5 Å². The molecule has 0 aliphatic heterocycles. The maximum Gasteiger partial charge on any atom is 0.228 e. The van der Waals surface area contributed by atoms with Crippen molar-refractivity contribution in [3.8, 4) is 5.75 Å². The van der Waals surface area contributed by atoms with Gasteiger partial charge in [-0.3, -0.25) is 9.59 Å². The number of aryl methyl sites for hydroxylation is 2.